The van der Waals surface area contributed by atoms with Gasteiger partial charge in [-0.2, -0.15) is 0 Å². The minimum Gasteiger partial charge on any atom is -0.457 e. The van der Waals surface area contributed by atoms with Gasteiger partial charge in [0.25, 0.3) is 0 Å². The van der Waals surface area contributed by atoms with Crippen LogP contribution in [0.3, 0.4) is 0 Å². The Labute approximate surface area is 213 Å². The van der Waals surface area contributed by atoms with E-state index in [0.29, 0.717) is 5.92 Å². The third-order valence-electron chi connectivity index (χ3n) is 7.26. The second kappa shape index (κ2) is 10.2. The highest BCUT2D eigenvalue weighted by Gasteiger charge is 2.37. The van der Waals surface area contributed by atoms with Crippen LogP contribution in [0.4, 0.5) is 11.4 Å². The first-order valence-electron chi connectivity index (χ1n) is 12.4. The summed E-state index contributed by atoms with van der Waals surface area (Å²) in [6.07, 6.45) is 6.49. The van der Waals surface area contributed by atoms with Crippen molar-refractivity contribution in [2.45, 2.75) is 31.1 Å². The zero-order chi connectivity index (χ0) is 25.0. The van der Waals surface area contributed by atoms with E-state index in [1.165, 1.54) is 11.1 Å². The topological polar surface area (TPSA) is 70.5 Å². The molecule has 0 aromatic heterocycles. The SMILES string of the molecule is C=CC1CCC(c2ccc(Oc3ccc(N)cc3)cc2)(c2ccc(Oc3ccc(N)cc3)cc2)CC1. The molecule has 4 aromatic rings. The molecule has 0 aliphatic heterocycles. The van der Waals surface area contributed by atoms with E-state index in [2.05, 4.69) is 61.2 Å². The largest absolute Gasteiger partial charge is 0.457 e. The molecule has 4 N–H and O–H groups in total. The molecule has 182 valence electrons. The van der Waals surface area contributed by atoms with Crippen LogP contribution < -0.4 is 20.9 Å². The van der Waals surface area contributed by atoms with E-state index < -0.39 is 0 Å². The predicted octanol–water partition coefficient (Wildman–Crippen LogP) is 8.10. The molecule has 0 atom stereocenters. The molecule has 36 heavy (non-hydrogen) atoms. The lowest BCUT2D eigenvalue weighted by molar-refractivity contribution is 0.299. The van der Waals surface area contributed by atoms with Gasteiger partial charge in [0, 0.05) is 16.8 Å². The fourth-order valence-corrected chi connectivity index (χ4v) is 5.14. The molecule has 0 amide bonds. The van der Waals surface area contributed by atoms with Crippen LogP contribution in [0.1, 0.15) is 36.8 Å². The second-order valence-corrected chi connectivity index (χ2v) is 9.55. The van der Waals surface area contributed by atoms with Gasteiger partial charge >= 0.3 is 0 Å². The number of allylic oxidation sites excluding steroid dienone is 1. The maximum atomic E-state index is 6.04. The number of anilines is 2. The number of nitrogens with two attached hydrogens (primary N) is 2. The van der Waals surface area contributed by atoms with Crippen LogP contribution >= 0.6 is 0 Å². The summed E-state index contributed by atoms with van der Waals surface area (Å²) >= 11 is 0. The van der Waals surface area contributed by atoms with Crippen LogP contribution in [0.5, 0.6) is 23.0 Å². The lowest BCUT2D eigenvalue weighted by Gasteiger charge is -2.41. The molecule has 1 aliphatic carbocycles. The van der Waals surface area contributed by atoms with Gasteiger partial charge < -0.3 is 20.9 Å². The lowest BCUT2D eigenvalue weighted by Crippen LogP contribution is -2.32. The Bertz CT molecular complexity index is 1190. The molecule has 1 fully saturated rings. The van der Waals surface area contributed by atoms with Crippen molar-refractivity contribution in [3.8, 4) is 23.0 Å². The van der Waals surface area contributed by atoms with E-state index in [9.17, 15) is 0 Å². The normalized spacial score (nSPS) is 15.2. The van der Waals surface area contributed by atoms with Gasteiger partial charge in [0.05, 0.1) is 0 Å². The summed E-state index contributed by atoms with van der Waals surface area (Å²) in [4.78, 5) is 0. The molecule has 0 radical (unpaired) electrons. The van der Waals surface area contributed by atoms with E-state index in [4.69, 9.17) is 20.9 Å². The molecule has 0 bridgehead atoms. The zero-order valence-electron chi connectivity index (χ0n) is 20.4. The zero-order valence-corrected chi connectivity index (χ0v) is 20.4. The van der Waals surface area contributed by atoms with Crippen molar-refractivity contribution >= 4 is 11.4 Å². The van der Waals surface area contributed by atoms with Crippen LogP contribution in [0, 0.1) is 5.92 Å². The highest BCUT2D eigenvalue weighted by Crippen LogP contribution is 2.47. The minimum atomic E-state index is -0.0566. The number of hydrogen-bond acceptors (Lipinski definition) is 4. The van der Waals surface area contributed by atoms with E-state index >= 15 is 0 Å². The van der Waals surface area contributed by atoms with Crippen molar-refractivity contribution in [1.29, 1.82) is 0 Å². The molecular weight excluding hydrogens is 444 g/mol. The Morgan fingerprint density at radius 1 is 0.583 bits per heavy atom. The third-order valence-corrected chi connectivity index (χ3v) is 7.26. The number of ether oxygens (including phenoxy) is 2. The number of rotatable bonds is 7. The molecule has 4 heteroatoms. The third kappa shape index (κ3) is 5.08. The Balaban J connectivity index is 1.40. The first-order chi connectivity index (χ1) is 17.5. The smallest absolute Gasteiger partial charge is 0.127 e. The van der Waals surface area contributed by atoms with E-state index in [-0.39, 0.29) is 5.41 Å². The molecule has 1 saturated carbocycles. The minimum absolute atomic E-state index is 0.0566. The summed E-state index contributed by atoms with van der Waals surface area (Å²) in [6, 6.07) is 32.0. The van der Waals surface area contributed by atoms with Gasteiger partial charge in [0.1, 0.15) is 23.0 Å². The molecule has 4 nitrogen and oxygen atoms in total. The van der Waals surface area contributed by atoms with Crippen LogP contribution in [0.15, 0.2) is 110 Å². The van der Waals surface area contributed by atoms with Gasteiger partial charge in [-0.15, -0.1) is 6.58 Å². The predicted molar refractivity (Wildman–Crippen MR) is 148 cm³/mol. The van der Waals surface area contributed by atoms with Gasteiger partial charge in [-0.1, -0.05) is 30.3 Å². The quantitative estimate of drug-likeness (QED) is 0.209. The number of nitrogen functional groups attached to an aromatic ring is 2. The van der Waals surface area contributed by atoms with Gasteiger partial charge in [0.15, 0.2) is 0 Å². The molecule has 1 aliphatic rings. The summed E-state index contributed by atoms with van der Waals surface area (Å²) < 4.78 is 12.1. The van der Waals surface area contributed by atoms with Crippen LogP contribution in [-0.2, 0) is 5.41 Å². The molecule has 0 unspecified atom stereocenters. The monoisotopic (exact) mass is 476 g/mol. The van der Waals surface area contributed by atoms with Crippen molar-refractivity contribution in [2.24, 2.45) is 5.92 Å². The van der Waals surface area contributed by atoms with Gasteiger partial charge in [-0.05, 0) is 116 Å². The van der Waals surface area contributed by atoms with Crippen molar-refractivity contribution in [3.05, 3.63) is 121 Å². The standard InChI is InChI=1S/C32H32N2O2/c1-2-23-19-21-32(22-20-23,24-3-11-28(12-4-24)35-30-15-7-26(33)8-16-30)25-5-13-29(14-6-25)36-31-17-9-27(34)10-18-31/h2-18,23H,1,19-22,33-34H2. The molecule has 0 saturated heterocycles. The molecule has 5 rings (SSSR count). The fourth-order valence-electron chi connectivity index (χ4n) is 5.14. The maximum Gasteiger partial charge on any atom is 0.127 e. The van der Waals surface area contributed by atoms with Crippen LogP contribution in [0.25, 0.3) is 0 Å². The fraction of sp³-hybridized carbons (Fsp3) is 0.188. The van der Waals surface area contributed by atoms with Crippen LogP contribution in [0.2, 0.25) is 0 Å². The summed E-state index contributed by atoms with van der Waals surface area (Å²) in [6.45, 7) is 4.04. The Kier molecular flexibility index (Phi) is 6.68. The number of benzene rings is 4. The Hall–Kier alpha value is -4.18. The van der Waals surface area contributed by atoms with E-state index in [0.717, 1.165) is 60.1 Å². The first kappa shape index (κ1) is 23.6. The Morgan fingerprint density at radius 3 is 1.25 bits per heavy atom. The van der Waals surface area contributed by atoms with Crippen molar-refractivity contribution in [1.82, 2.24) is 0 Å². The summed E-state index contributed by atoms with van der Waals surface area (Å²) in [7, 11) is 0. The molecule has 0 heterocycles. The lowest BCUT2D eigenvalue weighted by atomic mass is 9.63. The van der Waals surface area contributed by atoms with Gasteiger partial charge in [0.2, 0.25) is 0 Å². The first-order valence-corrected chi connectivity index (χ1v) is 12.4. The summed E-state index contributed by atoms with van der Waals surface area (Å²) in [5, 5.41) is 0. The highest BCUT2D eigenvalue weighted by molar-refractivity contribution is 5.47. The summed E-state index contributed by atoms with van der Waals surface area (Å²) in [5.41, 5.74) is 15.6. The maximum absolute atomic E-state index is 6.04. The molecule has 0 spiro atoms. The van der Waals surface area contributed by atoms with Gasteiger partial charge in [-0.25, -0.2) is 0 Å². The van der Waals surface area contributed by atoms with Crippen molar-refractivity contribution in [3.63, 3.8) is 0 Å². The van der Waals surface area contributed by atoms with E-state index in [1.807, 2.05) is 48.5 Å². The average Bonchev–Trinajstić information content (AvgIpc) is 2.92. The second-order valence-electron chi connectivity index (χ2n) is 9.55. The van der Waals surface area contributed by atoms with Crippen molar-refractivity contribution in [2.75, 3.05) is 11.5 Å². The van der Waals surface area contributed by atoms with Crippen LogP contribution in [-0.4, -0.2) is 0 Å². The van der Waals surface area contributed by atoms with E-state index in [1.54, 1.807) is 0 Å². The Morgan fingerprint density at radius 2 is 0.917 bits per heavy atom. The molecular formula is C32H32N2O2. The average molecular weight is 477 g/mol. The van der Waals surface area contributed by atoms with Crippen molar-refractivity contribution < 1.29 is 9.47 Å². The van der Waals surface area contributed by atoms with Gasteiger partial charge in [-0.3, -0.25) is 0 Å². The highest BCUT2D eigenvalue weighted by atomic mass is 16.5. The summed E-state index contributed by atoms with van der Waals surface area (Å²) in [5.74, 6) is 3.74. The number of hydrogen-bond donors (Lipinski definition) is 2. The molecule has 4 aromatic carbocycles.